The van der Waals surface area contributed by atoms with Crippen LogP contribution in [0.25, 0.3) is 0 Å². The zero-order chi connectivity index (χ0) is 66.7. The van der Waals surface area contributed by atoms with Crippen molar-refractivity contribution in [3.8, 4) is 0 Å². The normalized spacial score (nSPS) is 15.8. The zero-order valence-corrected chi connectivity index (χ0v) is 54.5. The molecule has 2 aliphatic heterocycles. The van der Waals surface area contributed by atoms with Crippen LogP contribution >= 0.6 is 11.8 Å². The zero-order valence-electron chi connectivity index (χ0n) is 53.7. The van der Waals surface area contributed by atoms with Crippen LogP contribution in [0.15, 0.2) is 60.7 Å². The Morgan fingerprint density at radius 2 is 1.02 bits per heavy atom. The van der Waals surface area contributed by atoms with Gasteiger partial charge in [-0.25, -0.2) is 4.79 Å². The molecule has 2 fully saturated rings. The first kappa shape index (κ1) is 75.9. The van der Waals surface area contributed by atoms with E-state index >= 15 is 4.79 Å². The van der Waals surface area contributed by atoms with E-state index in [0.29, 0.717) is 126 Å². The highest BCUT2D eigenvalue weighted by atomic mass is 32.2. The van der Waals surface area contributed by atoms with Crippen molar-refractivity contribution in [2.75, 3.05) is 104 Å². The molecule has 0 saturated carbocycles. The van der Waals surface area contributed by atoms with Gasteiger partial charge in [0.05, 0.1) is 50.3 Å². The average molecular weight is 1290 g/mol. The Balaban J connectivity index is 1.52. The minimum atomic E-state index is -1.09. The molecule has 0 spiro atoms. The molecule has 0 aromatic heterocycles. The van der Waals surface area contributed by atoms with E-state index in [1.54, 1.807) is 62.4 Å². The van der Waals surface area contributed by atoms with Gasteiger partial charge in [-0.2, -0.15) is 11.8 Å². The smallest absolute Gasteiger partial charge is 0.315 e. The van der Waals surface area contributed by atoms with Gasteiger partial charge in [-0.05, 0) is 128 Å². The van der Waals surface area contributed by atoms with Crippen molar-refractivity contribution in [3.05, 3.63) is 71.8 Å². The number of thioether (sulfide) groups is 1. The van der Waals surface area contributed by atoms with Crippen LogP contribution in [0.5, 0.6) is 0 Å². The lowest BCUT2D eigenvalue weighted by molar-refractivity contribution is -0.149. The van der Waals surface area contributed by atoms with Gasteiger partial charge in [-0.1, -0.05) is 67.1 Å². The summed E-state index contributed by atoms with van der Waals surface area (Å²) in [5.41, 5.74) is 30.1. The van der Waals surface area contributed by atoms with E-state index in [2.05, 4.69) is 26.6 Å². The molecule has 27 nitrogen and oxygen atoms in total. The summed E-state index contributed by atoms with van der Waals surface area (Å²) in [5, 5.41) is 22.2. The highest BCUT2D eigenvalue weighted by Crippen LogP contribution is 2.33. The van der Waals surface area contributed by atoms with Crippen LogP contribution in [0.4, 0.5) is 4.79 Å². The van der Waals surface area contributed by atoms with Crippen molar-refractivity contribution in [2.24, 2.45) is 28.7 Å². The highest BCUT2D eigenvalue weighted by Gasteiger charge is 2.42. The number of fused-ring (bicyclic) bond motifs is 1. The summed E-state index contributed by atoms with van der Waals surface area (Å²) in [6, 6.07) is 15.6. The first-order valence-corrected chi connectivity index (χ1v) is 33.2. The maximum absolute atomic E-state index is 15.1. The minimum Gasteiger partial charge on any atom is -0.370 e. The SMILES string of the molecule is CC(=O)N(CCCCN)CC(=O)N(CCCCN)CC(=O)N(CCCCNC(=N)N)CC(=O)N(CC(=O)N(CCCCN)CC(=O)N(CC(=O)N[C@@H](CCCCNC(=O)CCCCC1SC[C@@H]2NC(=O)N[C@H]12)C(N)=O)[C@@H](C)c1ccccc1)[C@@H](C)c1ccccc1. The van der Waals surface area contributed by atoms with Gasteiger partial charge in [0.25, 0.3) is 0 Å². The molecule has 11 amide bonds. The van der Waals surface area contributed by atoms with E-state index in [0.717, 1.165) is 18.6 Å². The number of benzene rings is 2. The quantitative estimate of drug-likeness (QED) is 0.0190. The third kappa shape index (κ3) is 27.4. The van der Waals surface area contributed by atoms with Crippen molar-refractivity contribution in [1.29, 1.82) is 5.41 Å². The van der Waals surface area contributed by atoms with Crippen LogP contribution in [0.1, 0.15) is 140 Å². The maximum Gasteiger partial charge on any atom is 0.315 e. The van der Waals surface area contributed by atoms with E-state index in [1.165, 1.54) is 36.3 Å². The number of nitrogens with one attached hydrogen (secondary N) is 6. The molecule has 2 aliphatic rings. The fraction of sp³-hybridized carbons (Fsp3) is 0.635. The van der Waals surface area contributed by atoms with Gasteiger partial charge in [0, 0.05) is 63.6 Å². The lowest BCUT2D eigenvalue weighted by Crippen LogP contribution is -2.53. The topological polar surface area (TPSA) is 404 Å². The third-order valence-electron chi connectivity index (χ3n) is 16.4. The predicted molar refractivity (Wildman–Crippen MR) is 351 cm³/mol. The number of hydrogen-bond donors (Lipinski definition) is 11. The summed E-state index contributed by atoms with van der Waals surface area (Å²) >= 11 is 1.83. The maximum atomic E-state index is 15.1. The van der Waals surface area contributed by atoms with Gasteiger partial charge in [0.2, 0.25) is 53.2 Å². The number of nitrogens with zero attached hydrogens (tertiary/aromatic N) is 6. The Bertz CT molecular complexity index is 2650. The van der Waals surface area contributed by atoms with Gasteiger partial charge < -0.3 is 84.7 Å². The minimum absolute atomic E-state index is 0.0447. The molecule has 0 aliphatic carbocycles. The van der Waals surface area contributed by atoms with Gasteiger partial charge in [0.15, 0.2) is 5.96 Å². The van der Waals surface area contributed by atoms with Crippen molar-refractivity contribution in [1.82, 2.24) is 56.0 Å². The lowest BCUT2D eigenvalue weighted by atomic mass is 10.0. The van der Waals surface area contributed by atoms with Crippen LogP contribution in [-0.2, 0) is 43.2 Å². The standard InChI is InChI=1S/C63H103N17O10S/c1-45(48-22-6-4-7-23-48)79(38-54(83)72-50(61(67)89)26-12-16-32-70-53(82)28-11-10-27-52-60-51(44-91-52)73-63(90)74-60)58(87)41-78(36-20-15-31-66)57(86)43-80(46(2)49-24-8-5-9-25-49)59(88)42-77(37-21-17-33-71-62(68)69)56(85)40-76(35-19-14-30-65)55(84)39-75(47(3)81)34-18-13-29-64/h4-9,22-25,45-46,50-52,60H,10-21,26-44,64-66H2,1-3H3,(H2,67,89)(H,70,82)(H,72,83)(H4,68,69,71)(H2,73,74,90)/t45-,46-,50-,51-,52?,60-/m0/s1. The van der Waals surface area contributed by atoms with Crippen molar-refractivity contribution >= 4 is 76.9 Å². The number of carbonyl (C=O) groups excluding carboxylic acids is 10. The second-order valence-electron chi connectivity index (χ2n) is 23.4. The molecule has 16 N–H and O–H groups in total. The lowest BCUT2D eigenvalue weighted by Gasteiger charge is -2.35. The number of guanidine groups is 1. The van der Waals surface area contributed by atoms with Gasteiger partial charge >= 0.3 is 6.03 Å². The Labute approximate surface area is 541 Å². The number of unbranched alkanes of at least 4 members (excludes halogenated alkanes) is 6. The molecule has 28 heteroatoms. The van der Waals surface area contributed by atoms with Crippen LogP contribution in [0, 0.1) is 5.41 Å². The number of amides is 11. The molecule has 91 heavy (non-hydrogen) atoms. The largest absolute Gasteiger partial charge is 0.370 e. The molecular formula is C63H103N17O10S. The van der Waals surface area contributed by atoms with Gasteiger partial charge in [-0.3, -0.25) is 48.6 Å². The third-order valence-corrected chi connectivity index (χ3v) is 17.9. The molecule has 2 heterocycles. The number of rotatable bonds is 45. The van der Waals surface area contributed by atoms with Gasteiger partial charge in [-0.15, -0.1) is 0 Å². The molecule has 1 unspecified atom stereocenters. The number of carbonyl (C=O) groups is 10. The Kier molecular flexibility index (Phi) is 34.8. The van der Waals surface area contributed by atoms with E-state index in [1.807, 2.05) is 23.9 Å². The van der Waals surface area contributed by atoms with E-state index < -0.39 is 92.2 Å². The molecule has 2 aromatic rings. The van der Waals surface area contributed by atoms with Crippen LogP contribution in [0.3, 0.4) is 0 Å². The molecular weight excluding hydrogens is 1190 g/mol. The molecule has 4 rings (SSSR count). The van der Waals surface area contributed by atoms with Crippen LogP contribution in [-0.4, -0.2) is 222 Å². The molecule has 0 radical (unpaired) electrons. The van der Waals surface area contributed by atoms with E-state index in [9.17, 15) is 43.2 Å². The van der Waals surface area contributed by atoms with Gasteiger partial charge in [0.1, 0.15) is 19.1 Å². The summed E-state index contributed by atoms with van der Waals surface area (Å²) < 4.78 is 0. The summed E-state index contributed by atoms with van der Waals surface area (Å²) in [5.74, 6) is -4.06. The number of urea groups is 1. The van der Waals surface area contributed by atoms with Crippen molar-refractivity contribution in [2.45, 2.75) is 153 Å². The fourth-order valence-corrected chi connectivity index (χ4v) is 12.5. The van der Waals surface area contributed by atoms with Crippen LogP contribution in [0.2, 0.25) is 0 Å². The fourth-order valence-electron chi connectivity index (χ4n) is 10.9. The molecule has 506 valence electrons. The van der Waals surface area contributed by atoms with E-state index in [4.69, 9.17) is 34.1 Å². The monoisotopic (exact) mass is 1290 g/mol. The second kappa shape index (κ2) is 41.8. The Morgan fingerprint density at radius 1 is 0.560 bits per heavy atom. The highest BCUT2D eigenvalue weighted by molar-refractivity contribution is 8.00. The number of hydrogen-bond acceptors (Lipinski definition) is 15. The summed E-state index contributed by atoms with van der Waals surface area (Å²) in [6.45, 7) is 4.34. The number of primary amides is 1. The Hall–Kier alpha value is -7.56. The molecule has 6 atom stereocenters. The summed E-state index contributed by atoms with van der Waals surface area (Å²) in [4.78, 5) is 146. The first-order chi connectivity index (χ1) is 43.7. The molecule has 2 saturated heterocycles. The first-order valence-electron chi connectivity index (χ1n) is 32.2. The van der Waals surface area contributed by atoms with Crippen molar-refractivity contribution < 1.29 is 47.9 Å². The molecule has 2 aromatic carbocycles. The average Bonchev–Trinajstić information content (AvgIpc) is 2.16. The summed E-state index contributed by atoms with van der Waals surface area (Å²) in [6.07, 6.45) is 7.84. The summed E-state index contributed by atoms with van der Waals surface area (Å²) in [7, 11) is 0. The van der Waals surface area contributed by atoms with Crippen LogP contribution < -0.4 is 55.3 Å². The number of nitrogens with two attached hydrogens (primary N) is 5. The predicted octanol–water partition coefficient (Wildman–Crippen LogP) is 0.963. The second-order valence-corrected chi connectivity index (χ2v) is 24.6. The van der Waals surface area contributed by atoms with E-state index in [-0.39, 0.29) is 75.0 Å². The Morgan fingerprint density at radius 3 is 1.53 bits per heavy atom. The molecule has 0 bridgehead atoms. The van der Waals surface area contributed by atoms with Crippen molar-refractivity contribution in [3.63, 3.8) is 0 Å².